The topological polar surface area (TPSA) is 62.3 Å². The Balaban J connectivity index is 1.55. The minimum atomic E-state index is -0.594. The van der Waals surface area contributed by atoms with Gasteiger partial charge in [-0.15, -0.1) is 0 Å². The zero-order valence-electron chi connectivity index (χ0n) is 15.3. The van der Waals surface area contributed by atoms with Crippen molar-refractivity contribution in [2.45, 2.75) is 32.6 Å². The first-order valence-corrected chi connectivity index (χ1v) is 9.15. The highest BCUT2D eigenvalue weighted by Crippen LogP contribution is 2.27. The van der Waals surface area contributed by atoms with Crippen molar-refractivity contribution in [2.24, 2.45) is 5.92 Å². The molecule has 2 aromatic rings. The van der Waals surface area contributed by atoms with E-state index in [9.17, 15) is 9.59 Å². The van der Waals surface area contributed by atoms with Gasteiger partial charge in [0.25, 0.3) is 0 Å². The van der Waals surface area contributed by atoms with E-state index in [1.807, 2.05) is 42.5 Å². The van der Waals surface area contributed by atoms with Crippen molar-refractivity contribution in [1.82, 2.24) is 10.3 Å². The second-order valence-electron chi connectivity index (χ2n) is 6.94. The van der Waals surface area contributed by atoms with Crippen LogP contribution in [0.2, 0.25) is 0 Å². The Kier molecular flexibility index (Phi) is 5.66. The Bertz CT molecular complexity index is 757. The predicted octanol–water partition coefficient (Wildman–Crippen LogP) is 2.92. The van der Waals surface area contributed by atoms with Gasteiger partial charge in [0.15, 0.2) is 0 Å². The van der Waals surface area contributed by atoms with Gasteiger partial charge in [0.2, 0.25) is 11.8 Å². The molecule has 0 saturated carbocycles. The van der Waals surface area contributed by atoms with E-state index in [1.165, 1.54) is 5.56 Å². The zero-order chi connectivity index (χ0) is 18.5. The third kappa shape index (κ3) is 4.10. The molecule has 1 aromatic carbocycles. The molecule has 1 aromatic heterocycles. The molecule has 1 fully saturated rings. The Morgan fingerprint density at radius 3 is 2.65 bits per heavy atom. The quantitative estimate of drug-likeness (QED) is 0.814. The maximum atomic E-state index is 12.7. The summed E-state index contributed by atoms with van der Waals surface area (Å²) in [6, 6.07) is 13.7. The first-order valence-electron chi connectivity index (χ1n) is 9.15. The van der Waals surface area contributed by atoms with E-state index in [2.05, 4.69) is 24.1 Å². The maximum absolute atomic E-state index is 12.7. The molecule has 1 N–H and O–H groups in total. The highest BCUT2D eigenvalue weighted by atomic mass is 16.2. The van der Waals surface area contributed by atoms with Crippen LogP contribution in [0.3, 0.4) is 0 Å². The average Bonchev–Trinajstić information content (AvgIpc) is 3.04. The first kappa shape index (κ1) is 18.1. The number of aromatic nitrogens is 1. The summed E-state index contributed by atoms with van der Waals surface area (Å²) in [5, 5.41) is 2.87. The van der Waals surface area contributed by atoms with Gasteiger partial charge in [-0.05, 0) is 42.2 Å². The second-order valence-corrected chi connectivity index (χ2v) is 6.94. The number of amides is 2. The summed E-state index contributed by atoms with van der Waals surface area (Å²) in [5.41, 5.74) is 3.03. The largest absolute Gasteiger partial charge is 0.355 e. The van der Waals surface area contributed by atoms with Crippen molar-refractivity contribution in [2.75, 3.05) is 18.0 Å². The van der Waals surface area contributed by atoms with Gasteiger partial charge in [-0.2, -0.15) is 0 Å². The highest BCUT2D eigenvalue weighted by molar-refractivity contribution is 6.09. The number of rotatable bonds is 6. The molecule has 0 radical (unpaired) electrons. The number of pyridine rings is 1. The first-order chi connectivity index (χ1) is 12.6. The minimum absolute atomic E-state index is 0.113. The predicted molar refractivity (Wildman–Crippen MR) is 102 cm³/mol. The number of carbonyl (C=O) groups is 2. The Labute approximate surface area is 154 Å². The SMILES string of the molecule is CC(C)c1ccc(N2CCC(C(=O)NCCc3ccccn3)C2=O)cc1. The molecule has 1 aliphatic heterocycles. The summed E-state index contributed by atoms with van der Waals surface area (Å²) in [4.78, 5) is 31.0. The fourth-order valence-electron chi connectivity index (χ4n) is 3.20. The summed E-state index contributed by atoms with van der Waals surface area (Å²) in [7, 11) is 0. The van der Waals surface area contributed by atoms with Crippen molar-refractivity contribution in [3.63, 3.8) is 0 Å². The summed E-state index contributed by atoms with van der Waals surface area (Å²) < 4.78 is 0. The lowest BCUT2D eigenvalue weighted by atomic mass is 10.0. The molecule has 2 heterocycles. The molecule has 1 saturated heterocycles. The molecule has 5 nitrogen and oxygen atoms in total. The van der Waals surface area contributed by atoms with E-state index in [4.69, 9.17) is 0 Å². The third-order valence-electron chi connectivity index (χ3n) is 4.80. The van der Waals surface area contributed by atoms with Crippen LogP contribution in [0.25, 0.3) is 0 Å². The number of hydrogen-bond acceptors (Lipinski definition) is 3. The molecular formula is C21H25N3O2. The summed E-state index contributed by atoms with van der Waals surface area (Å²) in [6.45, 7) is 5.35. The van der Waals surface area contributed by atoms with Crippen molar-refractivity contribution in [3.8, 4) is 0 Å². The number of anilines is 1. The van der Waals surface area contributed by atoms with Crippen LogP contribution >= 0.6 is 0 Å². The number of nitrogens with one attached hydrogen (secondary N) is 1. The van der Waals surface area contributed by atoms with Crippen LogP contribution in [-0.4, -0.2) is 29.9 Å². The molecule has 0 bridgehead atoms. The highest BCUT2D eigenvalue weighted by Gasteiger charge is 2.37. The standard InChI is InChI=1S/C21H25N3O2/c1-15(2)16-6-8-18(9-7-16)24-14-11-19(21(24)26)20(25)23-13-10-17-5-3-4-12-22-17/h3-9,12,15,19H,10-11,13-14H2,1-2H3,(H,23,25). The molecule has 136 valence electrons. The van der Waals surface area contributed by atoms with Gasteiger partial charge in [-0.1, -0.05) is 32.0 Å². The summed E-state index contributed by atoms with van der Waals surface area (Å²) in [5.74, 6) is -0.440. The van der Waals surface area contributed by atoms with Crippen LogP contribution in [0.5, 0.6) is 0 Å². The normalized spacial score (nSPS) is 17.0. The number of carbonyl (C=O) groups excluding carboxylic acids is 2. The maximum Gasteiger partial charge on any atom is 0.239 e. The van der Waals surface area contributed by atoms with Gasteiger partial charge >= 0.3 is 0 Å². The number of nitrogens with zero attached hydrogens (tertiary/aromatic N) is 2. The van der Waals surface area contributed by atoms with Gasteiger partial charge in [0.1, 0.15) is 5.92 Å². The molecule has 5 heteroatoms. The van der Waals surface area contributed by atoms with E-state index in [0.717, 1.165) is 11.4 Å². The Hall–Kier alpha value is -2.69. The molecule has 1 unspecified atom stereocenters. The van der Waals surface area contributed by atoms with Gasteiger partial charge in [0.05, 0.1) is 0 Å². The monoisotopic (exact) mass is 351 g/mol. The van der Waals surface area contributed by atoms with Crippen LogP contribution in [0.4, 0.5) is 5.69 Å². The summed E-state index contributed by atoms with van der Waals surface area (Å²) in [6.07, 6.45) is 2.95. The molecule has 26 heavy (non-hydrogen) atoms. The molecule has 3 rings (SSSR count). The molecule has 0 aliphatic carbocycles. The fraction of sp³-hybridized carbons (Fsp3) is 0.381. The molecule has 1 atom stereocenters. The summed E-state index contributed by atoms with van der Waals surface area (Å²) >= 11 is 0. The van der Waals surface area contributed by atoms with E-state index in [1.54, 1.807) is 11.1 Å². The molecule has 1 aliphatic rings. The fourth-order valence-corrected chi connectivity index (χ4v) is 3.20. The van der Waals surface area contributed by atoms with Crippen molar-refractivity contribution in [1.29, 1.82) is 0 Å². The van der Waals surface area contributed by atoms with E-state index >= 15 is 0 Å². The minimum Gasteiger partial charge on any atom is -0.355 e. The Morgan fingerprint density at radius 2 is 2.00 bits per heavy atom. The molecule has 0 spiro atoms. The van der Waals surface area contributed by atoms with E-state index < -0.39 is 5.92 Å². The second kappa shape index (κ2) is 8.13. The number of hydrogen-bond donors (Lipinski definition) is 1. The lowest BCUT2D eigenvalue weighted by molar-refractivity contribution is -0.132. The van der Waals surface area contributed by atoms with Gasteiger partial charge in [-0.25, -0.2) is 0 Å². The van der Waals surface area contributed by atoms with Crippen LogP contribution in [-0.2, 0) is 16.0 Å². The van der Waals surface area contributed by atoms with Crippen LogP contribution < -0.4 is 10.2 Å². The van der Waals surface area contributed by atoms with Crippen LogP contribution in [0.15, 0.2) is 48.7 Å². The molecular weight excluding hydrogens is 326 g/mol. The zero-order valence-corrected chi connectivity index (χ0v) is 15.3. The average molecular weight is 351 g/mol. The van der Waals surface area contributed by atoms with Crippen molar-refractivity contribution >= 4 is 17.5 Å². The molecule has 2 amide bonds. The van der Waals surface area contributed by atoms with Gasteiger partial charge in [-0.3, -0.25) is 14.6 Å². The number of benzene rings is 1. The lowest BCUT2D eigenvalue weighted by Gasteiger charge is -2.18. The van der Waals surface area contributed by atoms with Crippen LogP contribution in [0.1, 0.15) is 37.4 Å². The Morgan fingerprint density at radius 1 is 1.23 bits per heavy atom. The van der Waals surface area contributed by atoms with Crippen molar-refractivity contribution < 1.29 is 9.59 Å². The van der Waals surface area contributed by atoms with E-state index in [-0.39, 0.29) is 11.8 Å². The third-order valence-corrected chi connectivity index (χ3v) is 4.80. The smallest absolute Gasteiger partial charge is 0.239 e. The van der Waals surface area contributed by atoms with Gasteiger partial charge < -0.3 is 10.2 Å². The van der Waals surface area contributed by atoms with E-state index in [0.29, 0.717) is 31.8 Å². The van der Waals surface area contributed by atoms with Gasteiger partial charge in [0, 0.05) is 37.1 Å². The van der Waals surface area contributed by atoms with Crippen molar-refractivity contribution in [3.05, 3.63) is 59.9 Å². The van der Waals surface area contributed by atoms with Crippen LogP contribution in [0, 0.1) is 5.92 Å². The lowest BCUT2D eigenvalue weighted by Crippen LogP contribution is -2.37.